The lowest BCUT2D eigenvalue weighted by Gasteiger charge is -2.29. The van der Waals surface area contributed by atoms with Crippen molar-refractivity contribution in [3.05, 3.63) is 36.1 Å². The van der Waals surface area contributed by atoms with Gasteiger partial charge in [0.05, 0.1) is 11.7 Å². The van der Waals surface area contributed by atoms with Crippen LogP contribution in [0.5, 0.6) is 0 Å². The highest BCUT2D eigenvalue weighted by Crippen LogP contribution is 2.28. The van der Waals surface area contributed by atoms with Gasteiger partial charge in [0.1, 0.15) is 5.84 Å². The van der Waals surface area contributed by atoms with Crippen LogP contribution in [0, 0.1) is 0 Å². The maximum Gasteiger partial charge on any atom is 0.152 e. The van der Waals surface area contributed by atoms with E-state index in [2.05, 4.69) is 16.5 Å². The number of hydrogen-bond donors (Lipinski definition) is 0. The van der Waals surface area contributed by atoms with E-state index >= 15 is 0 Å². The molecule has 1 saturated heterocycles. The fourth-order valence-electron chi connectivity index (χ4n) is 2.48. The molecule has 132 valence electrons. The molecule has 0 bridgehead atoms. The minimum Gasteiger partial charge on any atom is -0.346 e. The summed E-state index contributed by atoms with van der Waals surface area (Å²) in [5.41, 5.74) is 2.08. The van der Waals surface area contributed by atoms with Crippen LogP contribution in [0.2, 0.25) is 0 Å². The molecule has 2 aliphatic rings. The summed E-state index contributed by atoms with van der Waals surface area (Å²) in [7, 11) is 0. The predicted octanol–water partition coefficient (Wildman–Crippen LogP) is 5.55. The van der Waals surface area contributed by atoms with Crippen LogP contribution < -0.4 is 0 Å². The van der Waals surface area contributed by atoms with E-state index in [0.29, 0.717) is 0 Å². The molecule has 3 nitrogen and oxygen atoms in total. The zero-order valence-corrected chi connectivity index (χ0v) is 16.4. The first-order valence-corrected chi connectivity index (χ1v) is 9.00. The molecule has 2 heterocycles. The Morgan fingerprint density at radius 2 is 1.78 bits per heavy atom. The fourth-order valence-corrected chi connectivity index (χ4v) is 2.48. The summed E-state index contributed by atoms with van der Waals surface area (Å²) in [6, 6.07) is 0.0142. The molecule has 1 unspecified atom stereocenters. The number of carbonyl (C=O) groups is 1. The Balaban J connectivity index is 0. The normalized spacial score (nSPS) is 18.5. The number of amidine groups is 1. The van der Waals surface area contributed by atoms with E-state index in [1.807, 2.05) is 60.6 Å². The zero-order chi connectivity index (χ0) is 18.4. The lowest BCUT2D eigenvalue weighted by atomic mass is 10.1. The number of hydrogen-bond acceptors (Lipinski definition) is 3. The first-order valence-electron chi connectivity index (χ1n) is 9.00. The summed E-state index contributed by atoms with van der Waals surface area (Å²) in [4.78, 5) is 18.3. The molecule has 3 heteroatoms. The highest BCUT2D eigenvalue weighted by Gasteiger charge is 2.34. The van der Waals surface area contributed by atoms with Crippen molar-refractivity contribution in [3.8, 4) is 0 Å². The number of allylic oxidation sites excluding steroid dienone is 2. The van der Waals surface area contributed by atoms with Gasteiger partial charge in [0.25, 0.3) is 0 Å². The number of fused-ring (bicyclic) bond motifs is 1. The van der Waals surface area contributed by atoms with Gasteiger partial charge in [0.15, 0.2) is 5.78 Å². The van der Waals surface area contributed by atoms with Crippen molar-refractivity contribution in [2.75, 3.05) is 6.54 Å². The third-order valence-electron chi connectivity index (χ3n) is 3.30. The van der Waals surface area contributed by atoms with Crippen LogP contribution in [0.3, 0.4) is 0 Å². The Labute approximate surface area is 143 Å². The van der Waals surface area contributed by atoms with Crippen LogP contribution in [-0.2, 0) is 4.79 Å². The van der Waals surface area contributed by atoms with Gasteiger partial charge in [-0.25, -0.2) is 4.99 Å². The molecule has 0 radical (unpaired) electrons. The van der Waals surface area contributed by atoms with Crippen molar-refractivity contribution >= 4 is 11.6 Å². The lowest BCUT2D eigenvalue weighted by molar-refractivity contribution is -0.120. The molecule has 0 N–H and O–H groups in total. The summed E-state index contributed by atoms with van der Waals surface area (Å²) in [6.07, 6.45) is 7.62. The SMILES string of the molecule is C=CC1=C(/C=C\C)CN2C(=N1)CCC2C(C)=O.CC.CC.CC. The van der Waals surface area contributed by atoms with Crippen molar-refractivity contribution in [2.45, 2.75) is 74.3 Å². The average Bonchev–Trinajstić information content (AvgIpc) is 3.03. The molecule has 2 rings (SSSR count). The van der Waals surface area contributed by atoms with E-state index < -0.39 is 0 Å². The summed E-state index contributed by atoms with van der Waals surface area (Å²) < 4.78 is 0. The third kappa shape index (κ3) is 6.55. The van der Waals surface area contributed by atoms with Crippen molar-refractivity contribution < 1.29 is 4.79 Å². The molecule has 0 aliphatic carbocycles. The molecule has 0 spiro atoms. The van der Waals surface area contributed by atoms with Crippen LogP contribution in [0.4, 0.5) is 0 Å². The Bertz CT molecular complexity index is 445. The summed E-state index contributed by atoms with van der Waals surface area (Å²) in [5.74, 6) is 1.27. The molecular formula is C20H36N2O. The highest BCUT2D eigenvalue weighted by molar-refractivity contribution is 5.95. The Morgan fingerprint density at radius 3 is 2.22 bits per heavy atom. The second kappa shape index (κ2) is 14.0. The maximum atomic E-state index is 11.6. The number of nitrogens with zero attached hydrogens (tertiary/aromatic N) is 2. The van der Waals surface area contributed by atoms with Gasteiger partial charge in [-0.05, 0) is 31.9 Å². The van der Waals surface area contributed by atoms with Gasteiger partial charge in [0, 0.05) is 13.0 Å². The van der Waals surface area contributed by atoms with E-state index in [1.165, 1.54) is 0 Å². The monoisotopic (exact) mass is 320 g/mol. The summed E-state index contributed by atoms with van der Waals surface area (Å²) in [6.45, 7) is 20.2. The standard InChI is InChI=1S/C14H18N2O.3C2H6/c1-4-6-11-9-16-13(10(3)17)7-8-14(16)15-12(11)5-2;3*1-2/h4-6,13H,2,7-9H2,1,3H3;3*1-2H3/b6-4-;;;. The molecule has 0 aromatic rings. The molecule has 1 atom stereocenters. The Hall–Kier alpha value is -1.64. The summed E-state index contributed by atoms with van der Waals surface area (Å²) in [5, 5.41) is 0. The molecule has 0 aromatic carbocycles. The largest absolute Gasteiger partial charge is 0.346 e. The van der Waals surface area contributed by atoms with Gasteiger partial charge in [0.2, 0.25) is 0 Å². The number of ketones is 1. The van der Waals surface area contributed by atoms with E-state index in [1.54, 1.807) is 13.0 Å². The highest BCUT2D eigenvalue weighted by atomic mass is 16.1. The maximum absolute atomic E-state index is 11.6. The number of aliphatic imine (C=N–C) groups is 1. The van der Waals surface area contributed by atoms with Crippen molar-refractivity contribution in [3.63, 3.8) is 0 Å². The molecule has 0 saturated carbocycles. The topological polar surface area (TPSA) is 32.7 Å². The molecule has 2 aliphatic heterocycles. The number of carbonyl (C=O) groups excluding carboxylic acids is 1. The number of Topliss-reactive ketones (excluding diaryl/α,β-unsaturated/α-hetero) is 1. The Kier molecular flexibility index (Phi) is 14.4. The van der Waals surface area contributed by atoms with Crippen molar-refractivity contribution in [1.29, 1.82) is 0 Å². The van der Waals surface area contributed by atoms with E-state index in [-0.39, 0.29) is 11.8 Å². The first-order chi connectivity index (χ1) is 11.2. The molecule has 23 heavy (non-hydrogen) atoms. The predicted molar refractivity (Wildman–Crippen MR) is 104 cm³/mol. The first kappa shape index (κ1) is 23.6. The summed E-state index contributed by atoms with van der Waals surface area (Å²) >= 11 is 0. The minimum absolute atomic E-state index is 0.0142. The van der Waals surface area contributed by atoms with E-state index in [9.17, 15) is 4.79 Å². The minimum atomic E-state index is 0.0142. The molecular weight excluding hydrogens is 284 g/mol. The smallest absolute Gasteiger partial charge is 0.152 e. The average molecular weight is 321 g/mol. The van der Waals surface area contributed by atoms with Crippen molar-refractivity contribution in [2.24, 2.45) is 4.99 Å². The molecule has 0 aromatic heterocycles. The molecule has 1 fully saturated rings. The number of rotatable bonds is 3. The van der Waals surface area contributed by atoms with Crippen LogP contribution in [-0.4, -0.2) is 29.1 Å². The quantitative estimate of drug-likeness (QED) is 0.683. The fraction of sp³-hybridized carbons (Fsp3) is 0.600. The van der Waals surface area contributed by atoms with E-state index in [0.717, 1.165) is 36.5 Å². The van der Waals surface area contributed by atoms with Gasteiger partial charge in [-0.2, -0.15) is 0 Å². The van der Waals surface area contributed by atoms with Crippen molar-refractivity contribution in [1.82, 2.24) is 4.90 Å². The lowest BCUT2D eigenvalue weighted by Crippen LogP contribution is -2.40. The van der Waals surface area contributed by atoms with Gasteiger partial charge >= 0.3 is 0 Å². The van der Waals surface area contributed by atoms with Gasteiger partial charge < -0.3 is 4.90 Å². The third-order valence-corrected chi connectivity index (χ3v) is 3.30. The van der Waals surface area contributed by atoms with Gasteiger partial charge in [-0.15, -0.1) is 0 Å². The zero-order valence-electron chi connectivity index (χ0n) is 16.4. The van der Waals surface area contributed by atoms with E-state index in [4.69, 9.17) is 0 Å². The Morgan fingerprint density at radius 1 is 1.22 bits per heavy atom. The second-order valence-corrected chi connectivity index (χ2v) is 4.44. The van der Waals surface area contributed by atoms with Crippen LogP contribution in [0.25, 0.3) is 0 Å². The molecule has 0 amide bonds. The van der Waals surface area contributed by atoms with Crippen LogP contribution in [0.15, 0.2) is 41.1 Å². The van der Waals surface area contributed by atoms with Gasteiger partial charge in [-0.1, -0.05) is 60.3 Å². The van der Waals surface area contributed by atoms with Gasteiger partial charge in [-0.3, -0.25) is 4.79 Å². The van der Waals surface area contributed by atoms with Crippen LogP contribution in [0.1, 0.15) is 68.2 Å². The van der Waals surface area contributed by atoms with Crippen LogP contribution >= 0.6 is 0 Å². The second-order valence-electron chi connectivity index (χ2n) is 4.44.